The highest BCUT2D eigenvalue weighted by atomic mass is 19.1. The molecule has 19 heavy (non-hydrogen) atoms. The number of nitrogens with two attached hydrogens (primary N) is 1. The van der Waals surface area contributed by atoms with E-state index in [1.807, 2.05) is 6.07 Å². The Morgan fingerprint density at radius 3 is 2.63 bits per heavy atom. The summed E-state index contributed by atoms with van der Waals surface area (Å²) in [4.78, 5) is 2.17. The Bertz CT molecular complexity index is 480. The molecule has 104 valence electrons. The third-order valence-electron chi connectivity index (χ3n) is 4.54. The molecule has 1 aliphatic rings. The monoisotopic (exact) mass is 263 g/mol. The van der Waals surface area contributed by atoms with E-state index in [1.54, 1.807) is 6.07 Å². The van der Waals surface area contributed by atoms with Crippen LogP contribution >= 0.6 is 0 Å². The molecule has 1 saturated heterocycles. The Morgan fingerprint density at radius 1 is 1.42 bits per heavy atom. The van der Waals surface area contributed by atoms with Crippen LogP contribution < -0.4 is 10.6 Å². The zero-order valence-corrected chi connectivity index (χ0v) is 11.7. The van der Waals surface area contributed by atoms with Crippen molar-refractivity contribution in [3.05, 3.63) is 29.6 Å². The zero-order valence-electron chi connectivity index (χ0n) is 11.7. The fraction of sp³-hybridized carbons (Fsp3) is 0.533. The molecule has 0 aromatic heterocycles. The highest BCUT2D eigenvalue weighted by molar-refractivity contribution is 6.00. The number of anilines is 1. The predicted octanol–water partition coefficient (Wildman–Crippen LogP) is 3.13. The van der Waals surface area contributed by atoms with Gasteiger partial charge in [0.25, 0.3) is 0 Å². The largest absolute Gasteiger partial charge is 0.384 e. The number of nitrogens with one attached hydrogen (secondary N) is 1. The standard InChI is InChI=1S/C15H22FN3/c1-3-15(4-2)8-9-19(10-15)12-7-5-6-11(16)13(12)14(17)18/h5-7H,3-4,8-10H2,1-2H3,(H3,17,18). The van der Waals surface area contributed by atoms with Gasteiger partial charge in [0.1, 0.15) is 11.7 Å². The van der Waals surface area contributed by atoms with E-state index in [0.29, 0.717) is 5.41 Å². The van der Waals surface area contributed by atoms with Crippen molar-refractivity contribution in [1.29, 1.82) is 5.41 Å². The van der Waals surface area contributed by atoms with Crippen LogP contribution in [0.4, 0.5) is 10.1 Å². The fourth-order valence-corrected chi connectivity index (χ4v) is 3.01. The van der Waals surface area contributed by atoms with Crippen LogP contribution in [0.2, 0.25) is 0 Å². The number of hydrogen-bond acceptors (Lipinski definition) is 2. The zero-order chi connectivity index (χ0) is 14.0. The third-order valence-corrected chi connectivity index (χ3v) is 4.54. The molecule has 0 amide bonds. The van der Waals surface area contributed by atoms with E-state index in [2.05, 4.69) is 18.7 Å². The molecular formula is C15H22FN3. The molecule has 0 spiro atoms. The molecule has 0 bridgehead atoms. The van der Waals surface area contributed by atoms with E-state index < -0.39 is 5.82 Å². The number of benzene rings is 1. The van der Waals surface area contributed by atoms with Crippen LogP contribution in [0.1, 0.15) is 38.7 Å². The average Bonchev–Trinajstić information content (AvgIpc) is 2.83. The van der Waals surface area contributed by atoms with Gasteiger partial charge in [-0.3, -0.25) is 5.41 Å². The summed E-state index contributed by atoms with van der Waals surface area (Å²) in [6, 6.07) is 4.92. The van der Waals surface area contributed by atoms with Gasteiger partial charge in [0, 0.05) is 13.1 Å². The summed E-state index contributed by atoms with van der Waals surface area (Å²) in [5.74, 6) is -0.603. The lowest BCUT2D eigenvalue weighted by Gasteiger charge is -2.28. The second-order valence-electron chi connectivity index (χ2n) is 5.43. The average molecular weight is 263 g/mol. The predicted molar refractivity (Wildman–Crippen MR) is 77.3 cm³/mol. The van der Waals surface area contributed by atoms with Crippen molar-refractivity contribution in [2.75, 3.05) is 18.0 Å². The summed E-state index contributed by atoms with van der Waals surface area (Å²) in [6.45, 7) is 6.25. The minimum absolute atomic E-state index is 0.196. The summed E-state index contributed by atoms with van der Waals surface area (Å²) >= 11 is 0. The van der Waals surface area contributed by atoms with Gasteiger partial charge in [-0.05, 0) is 36.8 Å². The maximum Gasteiger partial charge on any atom is 0.136 e. The number of nitrogens with zero attached hydrogens (tertiary/aromatic N) is 1. The van der Waals surface area contributed by atoms with Crippen molar-refractivity contribution >= 4 is 11.5 Å². The quantitative estimate of drug-likeness (QED) is 0.647. The number of rotatable bonds is 4. The maximum atomic E-state index is 13.9. The van der Waals surface area contributed by atoms with E-state index in [-0.39, 0.29) is 11.4 Å². The summed E-state index contributed by atoms with van der Waals surface area (Å²) in [6.07, 6.45) is 3.38. The van der Waals surface area contributed by atoms with Crippen LogP contribution in [0.3, 0.4) is 0 Å². The highest BCUT2D eigenvalue weighted by Gasteiger charge is 2.36. The number of hydrogen-bond donors (Lipinski definition) is 2. The van der Waals surface area contributed by atoms with E-state index in [0.717, 1.165) is 38.0 Å². The molecule has 0 radical (unpaired) electrons. The molecule has 1 aliphatic heterocycles. The van der Waals surface area contributed by atoms with Gasteiger partial charge in [-0.15, -0.1) is 0 Å². The van der Waals surface area contributed by atoms with Crippen molar-refractivity contribution in [2.45, 2.75) is 33.1 Å². The van der Waals surface area contributed by atoms with Crippen molar-refractivity contribution in [3.63, 3.8) is 0 Å². The second kappa shape index (κ2) is 5.19. The van der Waals surface area contributed by atoms with Crippen LogP contribution in [-0.4, -0.2) is 18.9 Å². The first-order valence-corrected chi connectivity index (χ1v) is 6.91. The minimum atomic E-state index is -0.407. The third kappa shape index (κ3) is 2.44. The van der Waals surface area contributed by atoms with Crippen LogP contribution in [0.15, 0.2) is 18.2 Å². The number of amidine groups is 1. The lowest BCUT2D eigenvalue weighted by atomic mass is 9.82. The Kier molecular flexibility index (Phi) is 3.78. The minimum Gasteiger partial charge on any atom is -0.384 e. The smallest absolute Gasteiger partial charge is 0.136 e. The van der Waals surface area contributed by atoms with Crippen molar-refractivity contribution in [1.82, 2.24) is 0 Å². The Balaban J connectivity index is 2.34. The van der Waals surface area contributed by atoms with Crippen molar-refractivity contribution < 1.29 is 4.39 Å². The fourth-order valence-electron chi connectivity index (χ4n) is 3.01. The van der Waals surface area contributed by atoms with Crippen molar-refractivity contribution in [3.8, 4) is 0 Å². The summed E-state index contributed by atoms with van der Waals surface area (Å²) in [5, 5.41) is 7.58. The summed E-state index contributed by atoms with van der Waals surface area (Å²) in [5.41, 5.74) is 6.85. The SMILES string of the molecule is CCC1(CC)CCN(c2cccc(F)c2C(=N)N)C1. The van der Waals surface area contributed by atoms with Crippen molar-refractivity contribution in [2.24, 2.45) is 11.1 Å². The van der Waals surface area contributed by atoms with E-state index >= 15 is 0 Å². The molecule has 0 aliphatic carbocycles. The molecule has 4 heteroatoms. The Morgan fingerprint density at radius 2 is 2.11 bits per heavy atom. The molecule has 3 nitrogen and oxygen atoms in total. The van der Waals surface area contributed by atoms with E-state index in [4.69, 9.17) is 11.1 Å². The first-order chi connectivity index (χ1) is 9.03. The van der Waals surface area contributed by atoms with E-state index in [9.17, 15) is 4.39 Å². The molecule has 2 rings (SSSR count). The number of halogens is 1. The summed E-state index contributed by atoms with van der Waals surface area (Å²) < 4.78 is 13.9. The molecule has 3 N–H and O–H groups in total. The number of nitrogen functional groups attached to an aromatic ring is 1. The lowest BCUT2D eigenvalue weighted by Crippen LogP contribution is -2.28. The first kappa shape index (κ1) is 13.8. The first-order valence-electron chi connectivity index (χ1n) is 6.91. The van der Waals surface area contributed by atoms with Crippen LogP contribution in [0.25, 0.3) is 0 Å². The topological polar surface area (TPSA) is 53.1 Å². The molecule has 0 unspecified atom stereocenters. The van der Waals surface area contributed by atoms with Gasteiger partial charge in [-0.2, -0.15) is 0 Å². The molecule has 1 aromatic carbocycles. The maximum absolute atomic E-state index is 13.9. The van der Waals surface area contributed by atoms with Gasteiger partial charge in [0.15, 0.2) is 0 Å². The van der Waals surface area contributed by atoms with Gasteiger partial charge >= 0.3 is 0 Å². The molecule has 0 atom stereocenters. The van der Waals surface area contributed by atoms with Gasteiger partial charge in [0.2, 0.25) is 0 Å². The van der Waals surface area contributed by atoms with Gasteiger partial charge < -0.3 is 10.6 Å². The second-order valence-corrected chi connectivity index (χ2v) is 5.43. The van der Waals surface area contributed by atoms with Gasteiger partial charge in [-0.25, -0.2) is 4.39 Å². The Hall–Kier alpha value is -1.58. The molecule has 1 fully saturated rings. The lowest BCUT2D eigenvalue weighted by molar-refractivity contribution is 0.301. The molecule has 1 aromatic rings. The Labute approximate surface area is 114 Å². The molecular weight excluding hydrogens is 241 g/mol. The molecule has 1 heterocycles. The van der Waals surface area contributed by atoms with Gasteiger partial charge in [0.05, 0.1) is 11.3 Å². The van der Waals surface area contributed by atoms with Crippen LogP contribution in [0, 0.1) is 16.6 Å². The van der Waals surface area contributed by atoms with E-state index in [1.165, 1.54) is 6.07 Å². The normalized spacial score (nSPS) is 17.7. The molecule has 0 saturated carbocycles. The van der Waals surface area contributed by atoms with Crippen LogP contribution in [-0.2, 0) is 0 Å². The van der Waals surface area contributed by atoms with Crippen LogP contribution in [0.5, 0.6) is 0 Å². The summed E-state index contributed by atoms with van der Waals surface area (Å²) in [7, 11) is 0. The highest BCUT2D eigenvalue weighted by Crippen LogP contribution is 2.40. The van der Waals surface area contributed by atoms with Gasteiger partial charge in [-0.1, -0.05) is 19.9 Å².